The lowest BCUT2D eigenvalue weighted by atomic mass is 9.99. The molecule has 0 saturated carbocycles. The van der Waals surface area contributed by atoms with Gasteiger partial charge in [0.05, 0.1) is 5.69 Å². The Morgan fingerprint density at radius 3 is 2.68 bits per heavy atom. The highest BCUT2D eigenvalue weighted by Gasteiger charge is 2.12. The van der Waals surface area contributed by atoms with Crippen molar-refractivity contribution >= 4 is 22.5 Å². The van der Waals surface area contributed by atoms with Crippen molar-refractivity contribution in [2.45, 2.75) is 6.61 Å². The average Bonchev–Trinajstić information content (AvgIpc) is 3.22. The van der Waals surface area contributed by atoms with E-state index in [1.54, 1.807) is 0 Å². The Bertz CT molecular complexity index is 1130. The fourth-order valence-electron chi connectivity index (χ4n) is 3.20. The first kappa shape index (κ1) is 17.6. The Kier molecular flexibility index (Phi) is 4.93. The Morgan fingerprint density at radius 1 is 1.00 bits per heavy atom. The summed E-state index contributed by atoms with van der Waals surface area (Å²) in [4.78, 5) is 15.2. The van der Waals surface area contributed by atoms with Crippen molar-refractivity contribution in [1.82, 2.24) is 4.98 Å². The number of aromatic amines is 1. The maximum absolute atomic E-state index is 12.0. The van der Waals surface area contributed by atoms with Crippen LogP contribution in [0.2, 0.25) is 0 Å². The van der Waals surface area contributed by atoms with Gasteiger partial charge in [-0.15, -0.1) is 0 Å². The molecule has 0 bridgehead atoms. The summed E-state index contributed by atoms with van der Waals surface area (Å²) in [6.45, 7) is 4.01. The molecule has 0 spiro atoms. The minimum atomic E-state index is -0.261. The van der Waals surface area contributed by atoms with Gasteiger partial charge in [0.1, 0.15) is 12.4 Å². The van der Waals surface area contributed by atoms with Crippen molar-refractivity contribution in [3.8, 4) is 16.9 Å². The van der Waals surface area contributed by atoms with E-state index in [4.69, 9.17) is 4.74 Å². The van der Waals surface area contributed by atoms with Crippen molar-refractivity contribution < 1.29 is 9.53 Å². The van der Waals surface area contributed by atoms with Crippen molar-refractivity contribution in [2.75, 3.05) is 5.32 Å². The van der Waals surface area contributed by atoms with Crippen LogP contribution >= 0.6 is 0 Å². The lowest BCUT2D eigenvalue weighted by molar-refractivity contribution is -0.111. The molecule has 0 saturated heterocycles. The number of hydrogen-bond donors (Lipinski definition) is 2. The smallest absolute Gasteiger partial charge is 0.247 e. The van der Waals surface area contributed by atoms with Crippen LogP contribution in [0.5, 0.6) is 5.75 Å². The summed E-state index contributed by atoms with van der Waals surface area (Å²) in [7, 11) is 0. The topological polar surface area (TPSA) is 54.1 Å². The van der Waals surface area contributed by atoms with E-state index in [-0.39, 0.29) is 5.91 Å². The molecule has 1 heterocycles. The third-order valence-electron chi connectivity index (χ3n) is 4.57. The van der Waals surface area contributed by atoms with Gasteiger partial charge in [-0.2, -0.15) is 0 Å². The number of hydrogen-bond acceptors (Lipinski definition) is 2. The third-order valence-corrected chi connectivity index (χ3v) is 4.57. The van der Waals surface area contributed by atoms with Crippen LogP contribution in [-0.2, 0) is 11.4 Å². The molecule has 2 N–H and O–H groups in total. The molecular formula is C24H20N2O2. The number of ether oxygens (including phenoxy) is 1. The van der Waals surface area contributed by atoms with Crippen LogP contribution < -0.4 is 10.1 Å². The number of H-pyrrole nitrogens is 1. The molecular weight excluding hydrogens is 348 g/mol. The van der Waals surface area contributed by atoms with Gasteiger partial charge in [0.2, 0.25) is 5.91 Å². The molecule has 3 aromatic carbocycles. The normalized spacial score (nSPS) is 10.6. The minimum absolute atomic E-state index is 0.261. The van der Waals surface area contributed by atoms with E-state index in [0.717, 1.165) is 27.6 Å². The zero-order valence-electron chi connectivity index (χ0n) is 15.3. The molecule has 0 fully saturated rings. The number of carbonyl (C=O) groups is 1. The van der Waals surface area contributed by atoms with E-state index in [0.29, 0.717) is 18.0 Å². The van der Waals surface area contributed by atoms with Crippen LogP contribution in [0.25, 0.3) is 22.0 Å². The third kappa shape index (κ3) is 3.67. The van der Waals surface area contributed by atoms with E-state index < -0.39 is 0 Å². The second-order valence-electron chi connectivity index (χ2n) is 6.42. The predicted octanol–water partition coefficient (Wildman–Crippen LogP) is 5.54. The molecule has 4 aromatic rings. The zero-order valence-corrected chi connectivity index (χ0v) is 15.3. The summed E-state index contributed by atoms with van der Waals surface area (Å²) < 4.78 is 5.93. The van der Waals surface area contributed by atoms with Gasteiger partial charge in [0.25, 0.3) is 0 Å². The highest BCUT2D eigenvalue weighted by molar-refractivity contribution is 6.05. The number of amides is 1. The summed E-state index contributed by atoms with van der Waals surface area (Å²) in [5.41, 5.74) is 4.77. The summed E-state index contributed by atoms with van der Waals surface area (Å²) in [5.74, 6) is 0.427. The number of benzene rings is 3. The van der Waals surface area contributed by atoms with Crippen LogP contribution in [0.4, 0.5) is 5.69 Å². The van der Waals surface area contributed by atoms with Gasteiger partial charge in [0, 0.05) is 28.7 Å². The Hall–Kier alpha value is -3.79. The second kappa shape index (κ2) is 7.84. The van der Waals surface area contributed by atoms with Crippen molar-refractivity contribution in [2.24, 2.45) is 0 Å². The molecule has 28 heavy (non-hydrogen) atoms. The standard InChI is InChI=1S/C24H20N2O2/c1-2-24(27)26-23-15-18(28-16-17-7-4-3-5-8-17)11-12-20(23)19-9-6-10-22-21(19)13-14-25-22/h2-15,25H,1,16H2,(H,26,27). The fourth-order valence-corrected chi connectivity index (χ4v) is 3.20. The molecule has 0 aliphatic rings. The Morgan fingerprint density at radius 2 is 1.86 bits per heavy atom. The minimum Gasteiger partial charge on any atom is -0.489 e. The predicted molar refractivity (Wildman–Crippen MR) is 113 cm³/mol. The SMILES string of the molecule is C=CC(=O)Nc1cc(OCc2ccccc2)ccc1-c1cccc2[nH]ccc12. The maximum atomic E-state index is 12.0. The van der Waals surface area contributed by atoms with Gasteiger partial charge in [-0.3, -0.25) is 4.79 Å². The summed E-state index contributed by atoms with van der Waals surface area (Å²) in [6, 6.07) is 23.8. The number of anilines is 1. The lowest BCUT2D eigenvalue weighted by Gasteiger charge is -2.14. The van der Waals surface area contributed by atoms with Crippen molar-refractivity contribution in [3.63, 3.8) is 0 Å². The largest absolute Gasteiger partial charge is 0.489 e. The fraction of sp³-hybridized carbons (Fsp3) is 0.0417. The monoisotopic (exact) mass is 368 g/mol. The zero-order chi connectivity index (χ0) is 19.3. The highest BCUT2D eigenvalue weighted by Crippen LogP contribution is 2.36. The van der Waals surface area contributed by atoms with Crippen LogP contribution in [0.1, 0.15) is 5.56 Å². The number of rotatable bonds is 6. The van der Waals surface area contributed by atoms with Gasteiger partial charge < -0.3 is 15.0 Å². The number of aromatic nitrogens is 1. The first-order valence-corrected chi connectivity index (χ1v) is 9.05. The quantitative estimate of drug-likeness (QED) is 0.439. The first-order chi connectivity index (χ1) is 13.7. The van der Waals surface area contributed by atoms with E-state index in [1.165, 1.54) is 6.08 Å². The van der Waals surface area contributed by atoms with E-state index >= 15 is 0 Å². The van der Waals surface area contributed by atoms with Crippen LogP contribution in [0, 0.1) is 0 Å². The van der Waals surface area contributed by atoms with Crippen LogP contribution in [-0.4, -0.2) is 10.9 Å². The first-order valence-electron chi connectivity index (χ1n) is 9.05. The van der Waals surface area contributed by atoms with Gasteiger partial charge >= 0.3 is 0 Å². The Labute approximate surface area is 163 Å². The summed E-state index contributed by atoms with van der Waals surface area (Å²) in [6.07, 6.45) is 3.17. The number of carbonyl (C=O) groups excluding carboxylic acids is 1. The number of fused-ring (bicyclic) bond motifs is 1. The van der Waals surface area contributed by atoms with Gasteiger partial charge in [0.15, 0.2) is 0 Å². The van der Waals surface area contributed by atoms with Gasteiger partial charge in [-0.05, 0) is 41.5 Å². The molecule has 0 unspecified atom stereocenters. The summed E-state index contributed by atoms with van der Waals surface area (Å²) >= 11 is 0. The maximum Gasteiger partial charge on any atom is 0.247 e. The highest BCUT2D eigenvalue weighted by atomic mass is 16.5. The van der Waals surface area contributed by atoms with Crippen LogP contribution in [0.3, 0.4) is 0 Å². The molecule has 0 aliphatic heterocycles. The molecule has 0 atom stereocenters. The average molecular weight is 368 g/mol. The lowest BCUT2D eigenvalue weighted by Crippen LogP contribution is -2.08. The van der Waals surface area contributed by atoms with E-state index in [2.05, 4.69) is 16.9 Å². The van der Waals surface area contributed by atoms with E-state index in [9.17, 15) is 4.79 Å². The number of nitrogens with one attached hydrogen (secondary N) is 2. The molecule has 1 amide bonds. The molecule has 1 aromatic heterocycles. The Balaban J connectivity index is 1.70. The molecule has 4 rings (SSSR count). The van der Waals surface area contributed by atoms with E-state index in [1.807, 2.05) is 79.0 Å². The van der Waals surface area contributed by atoms with Crippen LogP contribution in [0.15, 0.2) is 91.6 Å². The molecule has 0 radical (unpaired) electrons. The van der Waals surface area contributed by atoms with Crippen molar-refractivity contribution in [3.05, 3.63) is 97.2 Å². The van der Waals surface area contributed by atoms with Gasteiger partial charge in [-0.25, -0.2) is 0 Å². The molecule has 4 nitrogen and oxygen atoms in total. The summed E-state index contributed by atoms with van der Waals surface area (Å²) in [5, 5.41) is 4.00. The second-order valence-corrected chi connectivity index (χ2v) is 6.42. The van der Waals surface area contributed by atoms with Gasteiger partial charge in [-0.1, -0.05) is 49.0 Å². The molecule has 138 valence electrons. The van der Waals surface area contributed by atoms with Crippen molar-refractivity contribution in [1.29, 1.82) is 0 Å². The molecule has 4 heteroatoms. The molecule has 0 aliphatic carbocycles.